The number of carbonyl (C=O) groups is 1. The summed E-state index contributed by atoms with van der Waals surface area (Å²) in [7, 11) is 5.69. The van der Waals surface area contributed by atoms with Crippen LogP contribution in [0.5, 0.6) is 0 Å². The number of nitrogens with one attached hydrogen (secondary N) is 2. The number of amides is 1. The minimum Gasteiger partial charge on any atom is -0.363 e. The van der Waals surface area contributed by atoms with Gasteiger partial charge in [0.15, 0.2) is 0 Å². The molecule has 1 amide bonds. The van der Waals surface area contributed by atoms with Gasteiger partial charge in [-0.2, -0.15) is 0 Å². The van der Waals surface area contributed by atoms with E-state index in [4.69, 9.17) is 0 Å². The van der Waals surface area contributed by atoms with E-state index in [0.29, 0.717) is 12.1 Å². The van der Waals surface area contributed by atoms with Crippen LogP contribution in [0.4, 0.5) is 5.82 Å². The van der Waals surface area contributed by atoms with Crippen molar-refractivity contribution < 1.29 is 4.79 Å². The number of carbonyl (C=O) groups excluding carboxylic acids is 1. The summed E-state index contributed by atoms with van der Waals surface area (Å²) in [6.07, 6.45) is 1.59. The average Bonchev–Trinajstić information content (AvgIpc) is 2.35. The van der Waals surface area contributed by atoms with Crippen molar-refractivity contribution in [3.05, 3.63) is 23.9 Å². The number of hydrogen-bond donors (Lipinski definition) is 2. The van der Waals surface area contributed by atoms with Crippen molar-refractivity contribution in [3.63, 3.8) is 0 Å². The molecule has 0 aliphatic rings. The molecule has 5 nitrogen and oxygen atoms in total. The normalized spacial score (nSPS) is 12.0. The number of pyridine rings is 1. The quantitative estimate of drug-likeness (QED) is 0.781. The Morgan fingerprint density at radius 1 is 1.47 bits per heavy atom. The molecule has 0 aromatic carbocycles. The van der Waals surface area contributed by atoms with Crippen LogP contribution in [0.2, 0.25) is 0 Å². The molecule has 1 aromatic heterocycles. The van der Waals surface area contributed by atoms with E-state index in [1.165, 1.54) is 0 Å². The first-order valence-electron chi connectivity index (χ1n) is 5.63. The minimum absolute atomic E-state index is 0.0927. The lowest BCUT2D eigenvalue weighted by Crippen LogP contribution is -2.37. The Hall–Kier alpha value is -1.62. The second-order valence-electron chi connectivity index (χ2n) is 4.20. The van der Waals surface area contributed by atoms with Gasteiger partial charge in [0.2, 0.25) is 0 Å². The van der Waals surface area contributed by atoms with Crippen LogP contribution in [0, 0.1) is 0 Å². The highest BCUT2D eigenvalue weighted by Gasteiger charge is 2.07. The third kappa shape index (κ3) is 4.03. The molecule has 0 aliphatic carbocycles. The lowest BCUT2D eigenvalue weighted by Gasteiger charge is -2.13. The smallest absolute Gasteiger partial charge is 0.252 e. The number of likely N-dealkylation sites (N-methyl/N-ethyl adjacent to an activating group) is 1. The Labute approximate surface area is 102 Å². The van der Waals surface area contributed by atoms with E-state index in [-0.39, 0.29) is 11.9 Å². The summed E-state index contributed by atoms with van der Waals surface area (Å²) in [5.41, 5.74) is 0.582. The Kier molecular flexibility index (Phi) is 4.90. The summed E-state index contributed by atoms with van der Waals surface area (Å²) < 4.78 is 0. The van der Waals surface area contributed by atoms with Gasteiger partial charge in [-0.1, -0.05) is 0 Å². The summed E-state index contributed by atoms with van der Waals surface area (Å²) in [5.74, 6) is 0.745. The van der Waals surface area contributed by atoms with E-state index >= 15 is 0 Å². The number of hydrogen-bond acceptors (Lipinski definition) is 4. The summed E-state index contributed by atoms with van der Waals surface area (Å²) in [6.45, 7) is 2.61. The van der Waals surface area contributed by atoms with Gasteiger partial charge < -0.3 is 15.5 Å². The molecule has 0 radical (unpaired) electrons. The standard InChI is InChI=1S/C12H20N4O/c1-9(13-2)7-15-12(17)10-5-6-11(14-8-10)16(3)4/h5-6,8-9,13H,7H2,1-4H3,(H,15,17). The Morgan fingerprint density at radius 3 is 2.65 bits per heavy atom. The molecule has 0 saturated heterocycles. The number of anilines is 1. The fourth-order valence-corrected chi connectivity index (χ4v) is 1.23. The van der Waals surface area contributed by atoms with Crippen molar-refractivity contribution in [3.8, 4) is 0 Å². The molecule has 1 atom stereocenters. The zero-order valence-electron chi connectivity index (χ0n) is 10.8. The lowest BCUT2D eigenvalue weighted by molar-refractivity contribution is 0.0950. The maximum Gasteiger partial charge on any atom is 0.252 e. The zero-order valence-corrected chi connectivity index (χ0v) is 10.8. The Bertz CT molecular complexity index is 361. The minimum atomic E-state index is -0.0927. The van der Waals surface area contributed by atoms with Gasteiger partial charge in [0.05, 0.1) is 5.56 Å². The summed E-state index contributed by atoms with van der Waals surface area (Å²) in [4.78, 5) is 17.8. The van der Waals surface area contributed by atoms with Gasteiger partial charge in [-0.05, 0) is 26.1 Å². The third-order valence-corrected chi connectivity index (χ3v) is 2.53. The maximum absolute atomic E-state index is 11.8. The largest absolute Gasteiger partial charge is 0.363 e. The molecule has 0 aliphatic heterocycles. The number of nitrogens with zero attached hydrogens (tertiary/aromatic N) is 2. The lowest BCUT2D eigenvalue weighted by atomic mass is 10.2. The molecule has 17 heavy (non-hydrogen) atoms. The second kappa shape index (κ2) is 6.20. The summed E-state index contributed by atoms with van der Waals surface area (Å²) in [6, 6.07) is 3.87. The van der Waals surface area contributed by atoms with Crippen LogP contribution in [-0.2, 0) is 0 Å². The molecule has 94 valence electrons. The highest BCUT2D eigenvalue weighted by Crippen LogP contribution is 2.07. The molecule has 5 heteroatoms. The van der Waals surface area contributed by atoms with Gasteiger partial charge in [0, 0.05) is 32.9 Å². The molecule has 1 aromatic rings. The first-order valence-corrected chi connectivity index (χ1v) is 5.63. The van der Waals surface area contributed by atoms with E-state index in [1.807, 2.05) is 39.0 Å². The molecule has 1 unspecified atom stereocenters. The third-order valence-electron chi connectivity index (χ3n) is 2.53. The van der Waals surface area contributed by atoms with Crippen LogP contribution < -0.4 is 15.5 Å². The highest BCUT2D eigenvalue weighted by atomic mass is 16.1. The van der Waals surface area contributed by atoms with Crippen LogP contribution in [0.3, 0.4) is 0 Å². The average molecular weight is 236 g/mol. The van der Waals surface area contributed by atoms with E-state index in [0.717, 1.165) is 5.82 Å². The summed E-state index contributed by atoms with van der Waals surface area (Å²) in [5, 5.41) is 5.90. The van der Waals surface area contributed by atoms with Gasteiger partial charge in [-0.25, -0.2) is 4.98 Å². The molecule has 0 saturated carbocycles. The molecule has 1 heterocycles. The molecule has 0 spiro atoms. The fourth-order valence-electron chi connectivity index (χ4n) is 1.23. The van der Waals surface area contributed by atoms with E-state index in [1.54, 1.807) is 12.3 Å². The van der Waals surface area contributed by atoms with Gasteiger partial charge in [-0.15, -0.1) is 0 Å². The van der Waals surface area contributed by atoms with Gasteiger partial charge in [0.25, 0.3) is 5.91 Å². The highest BCUT2D eigenvalue weighted by molar-refractivity contribution is 5.94. The predicted molar refractivity (Wildman–Crippen MR) is 69.4 cm³/mol. The Morgan fingerprint density at radius 2 is 2.18 bits per heavy atom. The zero-order chi connectivity index (χ0) is 12.8. The van der Waals surface area contributed by atoms with Crippen molar-refractivity contribution in [1.29, 1.82) is 0 Å². The van der Waals surface area contributed by atoms with Gasteiger partial charge >= 0.3 is 0 Å². The van der Waals surface area contributed by atoms with Gasteiger partial charge in [0.1, 0.15) is 5.82 Å². The predicted octanol–water partition coefficient (Wildman–Crippen LogP) is 0.485. The van der Waals surface area contributed by atoms with Crippen LogP contribution in [0.25, 0.3) is 0 Å². The SMILES string of the molecule is CNC(C)CNC(=O)c1ccc(N(C)C)nc1. The molecular formula is C12H20N4O. The second-order valence-corrected chi connectivity index (χ2v) is 4.20. The van der Waals surface area contributed by atoms with Crippen molar-refractivity contribution in [2.75, 3.05) is 32.6 Å². The monoisotopic (exact) mass is 236 g/mol. The van der Waals surface area contributed by atoms with E-state index in [2.05, 4.69) is 15.6 Å². The number of aromatic nitrogens is 1. The molecular weight excluding hydrogens is 216 g/mol. The fraction of sp³-hybridized carbons (Fsp3) is 0.500. The topological polar surface area (TPSA) is 57.3 Å². The molecule has 0 fully saturated rings. The first kappa shape index (κ1) is 13.4. The van der Waals surface area contributed by atoms with Crippen molar-refractivity contribution in [2.45, 2.75) is 13.0 Å². The van der Waals surface area contributed by atoms with Crippen molar-refractivity contribution >= 4 is 11.7 Å². The van der Waals surface area contributed by atoms with Crippen molar-refractivity contribution in [2.24, 2.45) is 0 Å². The van der Waals surface area contributed by atoms with E-state index < -0.39 is 0 Å². The Balaban J connectivity index is 2.58. The van der Waals surface area contributed by atoms with Crippen molar-refractivity contribution in [1.82, 2.24) is 15.6 Å². The summed E-state index contributed by atoms with van der Waals surface area (Å²) >= 11 is 0. The molecule has 2 N–H and O–H groups in total. The van der Waals surface area contributed by atoms with Crippen LogP contribution in [0.15, 0.2) is 18.3 Å². The maximum atomic E-state index is 11.8. The van der Waals surface area contributed by atoms with Gasteiger partial charge in [-0.3, -0.25) is 4.79 Å². The van der Waals surface area contributed by atoms with Crippen LogP contribution >= 0.6 is 0 Å². The molecule has 0 bridgehead atoms. The van der Waals surface area contributed by atoms with Crippen LogP contribution in [0.1, 0.15) is 17.3 Å². The van der Waals surface area contributed by atoms with E-state index in [9.17, 15) is 4.79 Å². The first-order chi connectivity index (χ1) is 8.04. The molecule has 1 rings (SSSR count). The van der Waals surface area contributed by atoms with Crippen LogP contribution in [-0.4, -0.2) is 44.6 Å². The number of rotatable bonds is 5.